The maximum absolute atomic E-state index is 13.3. The molecule has 0 radical (unpaired) electrons. The highest BCUT2D eigenvalue weighted by Crippen LogP contribution is 2.26. The van der Waals surface area contributed by atoms with E-state index in [4.69, 9.17) is 10.1 Å². The molecule has 3 heterocycles. The maximum atomic E-state index is 13.3. The molecule has 1 amide bonds. The number of amides is 1. The number of rotatable bonds is 1. The lowest BCUT2D eigenvalue weighted by Gasteiger charge is -2.19. The zero-order valence-corrected chi connectivity index (χ0v) is 19.2. The molecule has 1 unspecified atom stereocenters. The van der Waals surface area contributed by atoms with E-state index in [1.807, 2.05) is 72.2 Å². The Balaban J connectivity index is 1.61. The van der Waals surface area contributed by atoms with Crippen molar-refractivity contribution in [3.05, 3.63) is 112 Å². The third kappa shape index (κ3) is 3.71. The lowest BCUT2D eigenvalue weighted by molar-refractivity contribution is 0.102. The molecule has 1 aliphatic heterocycles. The molecule has 0 aliphatic carbocycles. The number of carbonyl (C=O) groups excluding carboxylic acids is 1. The maximum Gasteiger partial charge on any atom is 0.267 e. The van der Waals surface area contributed by atoms with E-state index in [2.05, 4.69) is 11.4 Å². The Bertz CT molecular complexity index is 1650. The number of imidazole rings is 1. The van der Waals surface area contributed by atoms with Crippen molar-refractivity contribution in [3.8, 4) is 11.3 Å². The lowest BCUT2D eigenvalue weighted by Crippen LogP contribution is -2.27. The SMILES string of the molecule is CCC1c2cccc(c2)C(=O)Nc2nc3ccccc3n2Cc2cccc(c2)-c2ccc(=O)n1n2. The fourth-order valence-electron chi connectivity index (χ4n) is 4.76. The predicted molar refractivity (Wildman–Crippen MR) is 136 cm³/mol. The average molecular weight is 462 g/mol. The first-order valence-electron chi connectivity index (χ1n) is 11.7. The third-order valence-corrected chi connectivity index (χ3v) is 6.48. The summed E-state index contributed by atoms with van der Waals surface area (Å²) in [5.74, 6) is 0.236. The highest BCUT2D eigenvalue weighted by atomic mass is 16.2. The molecule has 0 saturated carbocycles. The number of hydrogen-bond acceptors (Lipinski definition) is 4. The molecule has 35 heavy (non-hydrogen) atoms. The van der Waals surface area contributed by atoms with Crippen LogP contribution in [-0.4, -0.2) is 25.2 Å². The Kier molecular flexibility index (Phi) is 5.03. The summed E-state index contributed by atoms with van der Waals surface area (Å²) in [6, 6.07) is 26.3. The lowest BCUT2D eigenvalue weighted by atomic mass is 10.0. The standard InChI is InChI=1S/C28H23N5O2/c1-2-24-20-9-6-10-21(16-20)27(35)30-28-29-23-11-3-4-12-25(23)32(28)17-18-7-5-8-19(15-18)22-13-14-26(34)33(24)31-22/h3-16,24H,2,17H2,1H3,(H,29,30,35). The van der Waals surface area contributed by atoms with Crippen molar-refractivity contribution in [2.75, 3.05) is 5.32 Å². The normalized spacial score (nSPS) is 15.1. The molecule has 5 aromatic rings. The first-order valence-corrected chi connectivity index (χ1v) is 11.7. The molecule has 0 fully saturated rings. The number of hydrogen-bond donors (Lipinski definition) is 1. The molecule has 7 heteroatoms. The largest absolute Gasteiger partial charge is 0.305 e. The summed E-state index contributed by atoms with van der Waals surface area (Å²) in [4.78, 5) is 30.9. The molecular weight excluding hydrogens is 438 g/mol. The van der Waals surface area contributed by atoms with Crippen LogP contribution in [0.3, 0.4) is 0 Å². The Hall–Kier alpha value is -4.52. The van der Waals surface area contributed by atoms with Crippen molar-refractivity contribution in [1.29, 1.82) is 0 Å². The van der Waals surface area contributed by atoms with Crippen LogP contribution >= 0.6 is 0 Å². The van der Waals surface area contributed by atoms with E-state index in [-0.39, 0.29) is 17.5 Å². The summed E-state index contributed by atoms with van der Waals surface area (Å²) in [7, 11) is 0. The van der Waals surface area contributed by atoms with Crippen LogP contribution in [0.5, 0.6) is 0 Å². The second-order valence-corrected chi connectivity index (χ2v) is 8.72. The molecule has 0 saturated heterocycles. The molecule has 1 atom stereocenters. The van der Waals surface area contributed by atoms with Crippen molar-refractivity contribution >= 4 is 22.9 Å². The quantitative estimate of drug-likeness (QED) is 0.386. The van der Waals surface area contributed by atoms with E-state index in [1.54, 1.807) is 18.2 Å². The molecule has 1 N–H and O–H groups in total. The van der Waals surface area contributed by atoms with Crippen LogP contribution in [-0.2, 0) is 6.54 Å². The van der Waals surface area contributed by atoms with Crippen molar-refractivity contribution in [2.45, 2.75) is 25.9 Å². The van der Waals surface area contributed by atoms with Gasteiger partial charge in [0.05, 0.1) is 29.3 Å². The molecule has 0 spiro atoms. The van der Waals surface area contributed by atoms with Gasteiger partial charge < -0.3 is 4.57 Å². The number of nitrogens with zero attached hydrogens (tertiary/aromatic N) is 4. The van der Waals surface area contributed by atoms with E-state index in [1.165, 1.54) is 4.68 Å². The molecule has 1 aliphatic rings. The Morgan fingerprint density at radius 2 is 1.74 bits per heavy atom. The number of anilines is 1. The van der Waals surface area contributed by atoms with Gasteiger partial charge in [-0.3, -0.25) is 14.9 Å². The van der Waals surface area contributed by atoms with Crippen LogP contribution in [0, 0.1) is 0 Å². The van der Waals surface area contributed by atoms with Gasteiger partial charge in [0.2, 0.25) is 5.95 Å². The van der Waals surface area contributed by atoms with Gasteiger partial charge in [0.15, 0.2) is 0 Å². The number of benzene rings is 3. The second kappa shape index (κ2) is 8.36. The smallest absolute Gasteiger partial charge is 0.267 e. The Labute approximate surface area is 201 Å². The Morgan fingerprint density at radius 3 is 2.63 bits per heavy atom. The molecule has 2 aromatic heterocycles. The van der Waals surface area contributed by atoms with Gasteiger partial charge in [-0.05, 0) is 53.9 Å². The van der Waals surface area contributed by atoms with Crippen molar-refractivity contribution in [2.24, 2.45) is 0 Å². The van der Waals surface area contributed by atoms with Gasteiger partial charge in [-0.2, -0.15) is 5.10 Å². The summed E-state index contributed by atoms with van der Waals surface area (Å²) < 4.78 is 3.54. The number of fused-ring (bicyclic) bond motifs is 10. The molecule has 6 rings (SSSR count). The van der Waals surface area contributed by atoms with E-state index in [0.717, 1.165) is 33.4 Å². The zero-order chi connectivity index (χ0) is 23.9. The zero-order valence-electron chi connectivity index (χ0n) is 19.2. The van der Waals surface area contributed by atoms with Crippen LogP contribution in [0.1, 0.15) is 40.9 Å². The minimum atomic E-state index is -0.298. The van der Waals surface area contributed by atoms with E-state index < -0.39 is 0 Å². The van der Waals surface area contributed by atoms with Gasteiger partial charge >= 0.3 is 0 Å². The van der Waals surface area contributed by atoms with Crippen molar-refractivity contribution in [3.63, 3.8) is 0 Å². The van der Waals surface area contributed by atoms with Crippen LogP contribution < -0.4 is 10.9 Å². The first kappa shape index (κ1) is 21.0. The van der Waals surface area contributed by atoms with Crippen molar-refractivity contribution < 1.29 is 4.79 Å². The van der Waals surface area contributed by atoms with E-state index in [0.29, 0.717) is 24.5 Å². The van der Waals surface area contributed by atoms with E-state index >= 15 is 0 Å². The molecule has 6 bridgehead atoms. The van der Waals surface area contributed by atoms with Crippen LogP contribution in [0.25, 0.3) is 22.3 Å². The molecular formula is C28H23N5O2. The predicted octanol–water partition coefficient (Wildman–Crippen LogP) is 4.87. The summed E-state index contributed by atoms with van der Waals surface area (Å²) >= 11 is 0. The van der Waals surface area contributed by atoms with Gasteiger partial charge in [0.25, 0.3) is 11.5 Å². The highest BCUT2D eigenvalue weighted by molar-refractivity contribution is 6.04. The topological polar surface area (TPSA) is 81.8 Å². The summed E-state index contributed by atoms with van der Waals surface area (Å²) in [5, 5.41) is 7.77. The summed E-state index contributed by atoms with van der Waals surface area (Å²) in [6.45, 7) is 2.52. The number of carbonyl (C=O) groups is 1. The molecule has 7 nitrogen and oxygen atoms in total. The van der Waals surface area contributed by atoms with Gasteiger partial charge in [-0.15, -0.1) is 0 Å². The summed E-state index contributed by atoms with van der Waals surface area (Å²) in [5.41, 5.74) is 5.59. The van der Waals surface area contributed by atoms with Gasteiger partial charge in [-0.25, -0.2) is 9.67 Å². The number of para-hydroxylation sites is 2. The average Bonchev–Trinajstić information content (AvgIpc) is 3.22. The number of aromatic nitrogens is 4. The molecule has 3 aromatic carbocycles. The van der Waals surface area contributed by atoms with Crippen LogP contribution in [0.4, 0.5) is 5.95 Å². The monoisotopic (exact) mass is 461 g/mol. The minimum absolute atomic E-state index is 0.178. The van der Waals surface area contributed by atoms with Crippen LogP contribution in [0.15, 0.2) is 89.7 Å². The molecule has 172 valence electrons. The fourth-order valence-corrected chi connectivity index (χ4v) is 4.76. The second-order valence-electron chi connectivity index (χ2n) is 8.72. The van der Waals surface area contributed by atoms with Gasteiger partial charge in [0, 0.05) is 17.2 Å². The van der Waals surface area contributed by atoms with E-state index in [9.17, 15) is 9.59 Å². The minimum Gasteiger partial charge on any atom is -0.305 e. The highest BCUT2D eigenvalue weighted by Gasteiger charge is 2.20. The van der Waals surface area contributed by atoms with Gasteiger partial charge in [-0.1, -0.05) is 49.4 Å². The summed E-state index contributed by atoms with van der Waals surface area (Å²) in [6.07, 6.45) is 0.650. The fraction of sp³-hybridized carbons (Fsp3) is 0.143. The van der Waals surface area contributed by atoms with Gasteiger partial charge in [0.1, 0.15) is 0 Å². The van der Waals surface area contributed by atoms with Crippen molar-refractivity contribution in [1.82, 2.24) is 19.3 Å². The number of nitrogens with one attached hydrogen (secondary N) is 1. The Morgan fingerprint density at radius 1 is 0.914 bits per heavy atom. The van der Waals surface area contributed by atoms with Crippen LogP contribution in [0.2, 0.25) is 0 Å². The first-order chi connectivity index (χ1) is 17.1. The third-order valence-electron chi connectivity index (χ3n) is 6.48.